The number of nitrogens with zero attached hydrogens (tertiary/aromatic N) is 3. The summed E-state index contributed by atoms with van der Waals surface area (Å²) in [5.41, 5.74) is 1.19. The molecule has 1 aliphatic heterocycles. The van der Waals surface area contributed by atoms with Crippen molar-refractivity contribution in [2.75, 3.05) is 13.1 Å². The summed E-state index contributed by atoms with van der Waals surface area (Å²) in [7, 11) is 0. The molecule has 1 N–H and O–H groups in total. The van der Waals surface area contributed by atoms with Gasteiger partial charge in [-0.15, -0.1) is 0 Å². The second-order valence-corrected chi connectivity index (χ2v) is 9.05. The zero-order valence-corrected chi connectivity index (χ0v) is 18.0. The first kappa shape index (κ1) is 19.3. The molecule has 0 unspecified atom stereocenters. The van der Waals surface area contributed by atoms with Gasteiger partial charge in [-0.25, -0.2) is 0 Å². The quantitative estimate of drug-likeness (QED) is 0.609. The van der Waals surface area contributed by atoms with Crippen LogP contribution in [0.2, 0.25) is 0 Å². The minimum absolute atomic E-state index is 0.0898. The lowest BCUT2D eigenvalue weighted by molar-refractivity contribution is -0.134. The Morgan fingerprint density at radius 3 is 2.57 bits per heavy atom. The predicted octanol–water partition coefficient (Wildman–Crippen LogP) is 4.52. The van der Waals surface area contributed by atoms with Gasteiger partial charge in [-0.05, 0) is 49.4 Å². The number of carbonyl (C=O) groups is 1. The number of halogens is 1. The number of amides is 1. The standard InChI is InChI=1S/C23H22BrN3O3/c24-17-8-9-19(28)18(14-17)20-25-22(26-30-20)23(16-4-2-1-3-5-16)10-12-27(13-11-23)21(29)15-6-7-15/h1-5,8-9,14-15,28H,6-7,10-13H2. The first-order valence-electron chi connectivity index (χ1n) is 10.2. The van der Waals surface area contributed by atoms with Crippen LogP contribution >= 0.6 is 15.9 Å². The van der Waals surface area contributed by atoms with Gasteiger partial charge in [0.05, 0.1) is 11.0 Å². The number of phenols is 1. The summed E-state index contributed by atoms with van der Waals surface area (Å²) in [5.74, 6) is 1.49. The van der Waals surface area contributed by atoms with Gasteiger partial charge in [0.1, 0.15) is 5.75 Å². The van der Waals surface area contributed by atoms with Gasteiger partial charge in [-0.3, -0.25) is 4.79 Å². The molecule has 1 saturated heterocycles. The Morgan fingerprint density at radius 2 is 1.87 bits per heavy atom. The summed E-state index contributed by atoms with van der Waals surface area (Å²) in [4.78, 5) is 19.2. The largest absolute Gasteiger partial charge is 0.507 e. The average molecular weight is 468 g/mol. The molecule has 1 amide bonds. The molecule has 0 radical (unpaired) electrons. The van der Waals surface area contributed by atoms with Crippen LogP contribution in [-0.2, 0) is 10.2 Å². The van der Waals surface area contributed by atoms with E-state index in [4.69, 9.17) is 9.51 Å². The van der Waals surface area contributed by atoms with Crippen molar-refractivity contribution in [1.29, 1.82) is 0 Å². The Kier molecular flexibility index (Phi) is 4.85. The van der Waals surface area contributed by atoms with Crippen LogP contribution in [0.3, 0.4) is 0 Å². The Morgan fingerprint density at radius 1 is 1.13 bits per heavy atom. The van der Waals surface area contributed by atoms with E-state index in [1.54, 1.807) is 18.2 Å². The third-order valence-electron chi connectivity index (χ3n) is 6.22. The molecule has 0 bridgehead atoms. The monoisotopic (exact) mass is 467 g/mol. The number of phenolic OH excluding ortho intramolecular Hbond substituents is 1. The number of rotatable bonds is 4. The highest BCUT2D eigenvalue weighted by Crippen LogP contribution is 2.43. The van der Waals surface area contributed by atoms with Crippen molar-refractivity contribution in [3.05, 3.63) is 64.4 Å². The molecule has 2 aromatic carbocycles. The Labute approximate surface area is 183 Å². The van der Waals surface area contributed by atoms with E-state index in [2.05, 4.69) is 33.2 Å². The van der Waals surface area contributed by atoms with Gasteiger partial charge in [0.2, 0.25) is 5.91 Å². The molecule has 6 nitrogen and oxygen atoms in total. The van der Waals surface area contributed by atoms with Crippen LogP contribution in [0.25, 0.3) is 11.5 Å². The van der Waals surface area contributed by atoms with E-state index in [0.29, 0.717) is 24.5 Å². The maximum atomic E-state index is 12.5. The Balaban J connectivity index is 1.50. The third-order valence-corrected chi connectivity index (χ3v) is 6.72. The lowest BCUT2D eigenvalue weighted by atomic mass is 9.72. The van der Waals surface area contributed by atoms with Crippen molar-refractivity contribution in [3.63, 3.8) is 0 Å². The van der Waals surface area contributed by atoms with Gasteiger partial charge in [0, 0.05) is 23.5 Å². The van der Waals surface area contributed by atoms with Crippen LogP contribution < -0.4 is 0 Å². The molecule has 2 heterocycles. The molecule has 1 aromatic heterocycles. The number of hydrogen-bond acceptors (Lipinski definition) is 5. The van der Waals surface area contributed by atoms with Crippen LogP contribution in [0.4, 0.5) is 0 Å². The number of carbonyl (C=O) groups excluding carboxylic acids is 1. The Bertz CT molecular complexity index is 1070. The predicted molar refractivity (Wildman–Crippen MR) is 115 cm³/mol. The first-order valence-corrected chi connectivity index (χ1v) is 11.0. The molecule has 2 aliphatic rings. The molecular weight excluding hydrogens is 446 g/mol. The molecule has 3 aromatic rings. The van der Waals surface area contributed by atoms with E-state index in [1.807, 2.05) is 23.1 Å². The van der Waals surface area contributed by atoms with E-state index in [1.165, 1.54) is 0 Å². The van der Waals surface area contributed by atoms with Crippen LogP contribution in [0.15, 0.2) is 57.5 Å². The van der Waals surface area contributed by atoms with Crippen LogP contribution in [0.5, 0.6) is 5.75 Å². The lowest BCUT2D eigenvalue weighted by Gasteiger charge is -2.40. The van der Waals surface area contributed by atoms with Gasteiger partial charge in [-0.1, -0.05) is 51.4 Å². The van der Waals surface area contributed by atoms with Crippen molar-refractivity contribution < 1.29 is 14.4 Å². The fraction of sp³-hybridized carbons (Fsp3) is 0.348. The van der Waals surface area contributed by atoms with E-state index in [-0.39, 0.29) is 23.5 Å². The summed E-state index contributed by atoms with van der Waals surface area (Å²) in [6.45, 7) is 1.35. The minimum Gasteiger partial charge on any atom is -0.507 e. The Hall–Kier alpha value is -2.67. The number of benzene rings is 2. The highest BCUT2D eigenvalue weighted by Gasteiger charge is 2.44. The maximum absolute atomic E-state index is 12.5. The zero-order valence-electron chi connectivity index (χ0n) is 16.4. The highest BCUT2D eigenvalue weighted by molar-refractivity contribution is 9.10. The van der Waals surface area contributed by atoms with Crippen molar-refractivity contribution in [1.82, 2.24) is 15.0 Å². The minimum atomic E-state index is -0.426. The summed E-state index contributed by atoms with van der Waals surface area (Å²) in [5, 5.41) is 14.6. The van der Waals surface area contributed by atoms with E-state index in [0.717, 1.165) is 35.7 Å². The number of piperidine rings is 1. The van der Waals surface area contributed by atoms with Crippen molar-refractivity contribution in [2.24, 2.45) is 5.92 Å². The molecular formula is C23H22BrN3O3. The highest BCUT2D eigenvalue weighted by atomic mass is 79.9. The topological polar surface area (TPSA) is 79.5 Å². The summed E-state index contributed by atoms with van der Waals surface area (Å²) in [6, 6.07) is 15.3. The SMILES string of the molecule is O=C(C1CC1)N1CCC(c2ccccc2)(c2noc(-c3cc(Br)ccc3O)n2)CC1. The van der Waals surface area contributed by atoms with Crippen LogP contribution in [0.1, 0.15) is 37.1 Å². The smallest absolute Gasteiger partial charge is 0.261 e. The molecule has 1 saturated carbocycles. The molecule has 2 fully saturated rings. The zero-order chi connectivity index (χ0) is 20.7. The summed E-state index contributed by atoms with van der Waals surface area (Å²) in [6.07, 6.45) is 3.50. The van der Waals surface area contributed by atoms with E-state index >= 15 is 0 Å². The van der Waals surface area contributed by atoms with Crippen molar-refractivity contribution in [2.45, 2.75) is 31.1 Å². The van der Waals surface area contributed by atoms with Gasteiger partial charge in [0.15, 0.2) is 5.82 Å². The van der Waals surface area contributed by atoms with Gasteiger partial charge in [-0.2, -0.15) is 4.98 Å². The fourth-order valence-corrected chi connectivity index (χ4v) is 4.66. The molecule has 7 heteroatoms. The fourth-order valence-electron chi connectivity index (χ4n) is 4.30. The second-order valence-electron chi connectivity index (χ2n) is 8.13. The third kappa shape index (κ3) is 3.41. The molecule has 0 atom stereocenters. The van der Waals surface area contributed by atoms with E-state index < -0.39 is 5.41 Å². The summed E-state index contributed by atoms with van der Waals surface area (Å²) >= 11 is 3.42. The van der Waals surface area contributed by atoms with Crippen LogP contribution in [-0.4, -0.2) is 39.1 Å². The van der Waals surface area contributed by atoms with Crippen molar-refractivity contribution >= 4 is 21.8 Å². The molecule has 1 aliphatic carbocycles. The van der Waals surface area contributed by atoms with Crippen molar-refractivity contribution in [3.8, 4) is 17.2 Å². The number of hydrogen-bond donors (Lipinski definition) is 1. The molecule has 0 spiro atoms. The molecule has 5 rings (SSSR count). The van der Waals surface area contributed by atoms with E-state index in [9.17, 15) is 9.90 Å². The molecule has 30 heavy (non-hydrogen) atoms. The first-order chi connectivity index (χ1) is 14.6. The number of aromatic hydroxyl groups is 1. The average Bonchev–Trinajstić information content (AvgIpc) is 3.52. The van der Waals surface area contributed by atoms with Gasteiger partial charge < -0.3 is 14.5 Å². The van der Waals surface area contributed by atoms with Gasteiger partial charge >= 0.3 is 0 Å². The maximum Gasteiger partial charge on any atom is 0.261 e. The summed E-state index contributed by atoms with van der Waals surface area (Å²) < 4.78 is 6.41. The second kappa shape index (κ2) is 7.54. The molecule has 154 valence electrons. The lowest BCUT2D eigenvalue weighted by Crippen LogP contribution is -2.46. The number of aromatic nitrogens is 2. The number of likely N-dealkylation sites (tertiary alicyclic amines) is 1. The van der Waals surface area contributed by atoms with Crippen LogP contribution in [0, 0.1) is 5.92 Å². The van der Waals surface area contributed by atoms with Gasteiger partial charge in [0.25, 0.3) is 5.89 Å². The normalized spacial score (nSPS) is 18.4.